The van der Waals surface area contributed by atoms with Crippen molar-refractivity contribution in [1.29, 1.82) is 0 Å². The van der Waals surface area contributed by atoms with Crippen LogP contribution in [0, 0.1) is 13.8 Å². The Labute approximate surface area is 152 Å². The van der Waals surface area contributed by atoms with Gasteiger partial charge in [-0.05, 0) is 47.2 Å². The van der Waals surface area contributed by atoms with Gasteiger partial charge in [-0.15, -0.1) is 0 Å². The first-order valence-corrected chi connectivity index (χ1v) is 10.1. The lowest BCUT2D eigenvalue weighted by Gasteiger charge is -2.14. The lowest BCUT2D eigenvalue weighted by atomic mass is 9.93. The van der Waals surface area contributed by atoms with Crippen LogP contribution in [0.15, 0.2) is 84.6 Å². The maximum atomic E-state index is 6.04. The molecule has 0 N–H and O–H groups in total. The van der Waals surface area contributed by atoms with Gasteiger partial charge < -0.3 is 4.43 Å². The monoisotopic (exact) mass is 344 g/mol. The van der Waals surface area contributed by atoms with Gasteiger partial charge in [0.1, 0.15) is 0 Å². The van der Waals surface area contributed by atoms with E-state index in [9.17, 15) is 0 Å². The van der Waals surface area contributed by atoms with Gasteiger partial charge in [-0.1, -0.05) is 84.6 Å². The van der Waals surface area contributed by atoms with E-state index in [1.165, 1.54) is 33.4 Å². The molecule has 0 aliphatic heterocycles. The largest absolute Gasteiger partial charge is 0.415 e. The van der Waals surface area contributed by atoms with Crippen LogP contribution in [0.3, 0.4) is 0 Å². The molecule has 25 heavy (non-hydrogen) atoms. The van der Waals surface area contributed by atoms with E-state index >= 15 is 0 Å². The van der Waals surface area contributed by atoms with Crippen molar-refractivity contribution < 1.29 is 4.43 Å². The molecule has 0 aliphatic carbocycles. The number of benzene rings is 3. The van der Waals surface area contributed by atoms with E-state index in [1.54, 1.807) is 0 Å². The molecule has 3 aromatic rings. The minimum Gasteiger partial charge on any atom is -0.415 e. The molecular weight excluding hydrogens is 320 g/mol. The Morgan fingerprint density at radius 2 is 1.28 bits per heavy atom. The van der Waals surface area contributed by atoms with Crippen molar-refractivity contribution in [3.8, 4) is 0 Å². The highest BCUT2D eigenvalue weighted by atomic mass is 28.2. The average molecular weight is 345 g/mol. The predicted molar refractivity (Wildman–Crippen MR) is 109 cm³/mol. The standard InChI is InChI=1S/C23H24OSi/c1-18-10-6-8-14-21(18)23(22-15-9-7-11-19(22)2)17-25-24-16-20-12-4-3-5-13-20/h3-15,17H,16,25H2,1-2H3. The fraction of sp³-hybridized carbons (Fsp3) is 0.130. The van der Waals surface area contributed by atoms with Gasteiger partial charge in [0.05, 0.1) is 6.61 Å². The van der Waals surface area contributed by atoms with Gasteiger partial charge in [-0.25, -0.2) is 0 Å². The Morgan fingerprint density at radius 3 is 1.84 bits per heavy atom. The van der Waals surface area contributed by atoms with E-state index < -0.39 is 9.76 Å². The van der Waals surface area contributed by atoms with Crippen molar-refractivity contribution in [1.82, 2.24) is 0 Å². The lowest BCUT2D eigenvalue weighted by molar-refractivity contribution is 0.330. The molecule has 0 heterocycles. The Balaban J connectivity index is 1.84. The molecule has 0 spiro atoms. The van der Waals surface area contributed by atoms with Crippen LogP contribution < -0.4 is 0 Å². The number of hydrogen-bond donors (Lipinski definition) is 0. The van der Waals surface area contributed by atoms with Crippen LogP contribution in [0.1, 0.15) is 27.8 Å². The van der Waals surface area contributed by atoms with E-state index in [0.29, 0.717) is 6.61 Å². The highest BCUT2D eigenvalue weighted by molar-refractivity contribution is 6.37. The molecule has 2 heteroatoms. The molecule has 0 aromatic heterocycles. The molecule has 3 aromatic carbocycles. The molecule has 0 saturated carbocycles. The molecular formula is C23H24OSi. The highest BCUT2D eigenvalue weighted by Gasteiger charge is 2.09. The van der Waals surface area contributed by atoms with Crippen LogP contribution in [-0.4, -0.2) is 9.76 Å². The van der Waals surface area contributed by atoms with Crippen LogP contribution in [0.2, 0.25) is 0 Å². The third-order valence-corrected chi connectivity index (χ3v) is 5.40. The normalized spacial score (nSPS) is 11.0. The molecule has 3 rings (SSSR count). The maximum Gasteiger partial charge on any atom is 0.186 e. The van der Waals surface area contributed by atoms with E-state index in [-0.39, 0.29) is 0 Å². The average Bonchev–Trinajstić information content (AvgIpc) is 2.64. The van der Waals surface area contributed by atoms with Gasteiger partial charge in [0, 0.05) is 0 Å². The molecule has 0 aliphatic rings. The van der Waals surface area contributed by atoms with Crippen LogP contribution in [0.5, 0.6) is 0 Å². The van der Waals surface area contributed by atoms with Gasteiger partial charge in [-0.2, -0.15) is 0 Å². The lowest BCUT2D eigenvalue weighted by Crippen LogP contribution is -2.00. The van der Waals surface area contributed by atoms with Gasteiger partial charge in [0.25, 0.3) is 0 Å². The van der Waals surface area contributed by atoms with Gasteiger partial charge >= 0.3 is 0 Å². The summed E-state index contributed by atoms with van der Waals surface area (Å²) in [5.74, 6) is 0. The minimum absolute atomic E-state index is 0.693. The van der Waals surface area contributed by atoms with Gasteiger partial charge in [0.15, 0.2) is 9.76 Å². The second kappa shape index (κ2) is 8.61. The molecule has 0 radical (unpaired) electrons. The second-order valence-corrected chi connectivity index (χ2v) is 7.40. The summed E-state index contributed by atoms with van der Waals surface area (Å²) in [5, 5.41) is 0. The van der Waals surface area contributed by atoms with Crippen molar-refractivity contribution >= 4 is 15.3 Å². The molecule has 0 atom stereocenters. The molecule has 0 saturated heterocycles. The fourth-order valence-electron chi connectivity index (χ4n) is 3.01. The quantitative estimate of drug-likeness (QED) is 0.452. The highest BCUT2D eigenvalue weighted by Crippen LogP contribution is 2.28. The van der Waals surface area contributed by atoms with Gasteiger partial charge in [0.2, 0.25) is 0 Å². The van der Waals surface area contributed by atoms with E-state index in [0.717, 1.165) is 0 Å². The van der Waals surface area contributed by atoms with Crippen LogP contribution in [0.4, 0.5) is 0 Å². The molecule has 1 nitrogen and oxygen atoms in total. The van der Waals surface area contributed by atoms with Crippen molar-refractivity contribution in [2.45, 2.75) is 20.5 Å². The summed E-state index contributed by atoms with van der Waals surface area (Å²) in [6, 6.07) is 27.6. The molecule has 0 unspecified atom stereocenters. The van der Waals surface area contributed by atoms with Crippen LogP contribution >= 0.6 is 0 Å². The second-order valence-electron chi connectivity index (χ2n) is 6.25. The summed E-state index contributed by atoms with van der Waals surface area (Å²) in [4.78, 5) is 0. The van der Waals surface area contributed by atoms with Crippen molar-refractivity contribution in [2.24, 2.45) is 0 Å². The minimum atomic E-state index is -0.762. The number of rotatable bonds is 6. The number of hydrogen-bond acceptors (Lipinski definition) is 1. The Kier molecular flexibility index (Phi) is 5.99. The molecule has 0 fully saturated rings. The first-order valence-electron chi connectivity index (χ1n) is 8.69. The van der Waals surface area contributed by atoms with Crippen LogP contribution in [-0.2, 0) is 11.0 Å². The fourth-order valence-corrected chi connectivity index (χ4v) is 4.09. The Hall–Kier alpha value is -2.42. The smallest absolute Gasteiger partial charge is 0.186 e. The molecule has 0 amide bonds. The first-order chi connectivity index (χ1) is 12.3. The molecule has 126 valence electrons. The van der Waals surface area contributed by atoms with Crippen molar-refractivity contribution in [2.75, 3.05) is 0 Å². The van der Waals surface area contributed by atoms with Gasteiger partial charge in [-0.3, -0.25) is 0 Å². The van der Waals surface area contributed by atoms with E-state index in [4.69, 9.17) is 4.43 Å². The Bertz CT molecular complexity index is 805. The Morgan fingerprint density at radius 1 is 0.760 bits per heavy atom. The van der Waals surface area contributed by atoms with E-state index in [2.05, 4.69) is 92.3 Å². The van der Waals surface area contributed by atoms with Crippen molar-refractivity contribution in [3.63, 3.8) is 0 Å². The first kappa shape index (κ1) is 17.4. The maximum absolute atomic E-state index is 6.04. The topological polar surface area (TPSA) is 9.23 Å². The zero-order valence-corrected chi connectivity index (χ0v) is 16.3. The predicted octanol–water partition coefficient (Wildman–Crippen LogP) is 4.99. The molecule has 0 bridgehead atoms. The van der Waals surface area contributed by atoms with E-state index in [1.807, 2.05) is 6.07 Å². The summed E-state index contributed by atoms with van der Waals surface area (Å²) in [6.45, 7) is 5.04. The zero-order chi connectivity index (χ0) is 17.5. The summed E-state index contributed by atoms with van der Waals surface area (Å²) in [7, 11) is -0.762. The summed E-state index contributed by atoms with van der Waals surface area (Å²) < 4.78 is 6.04. The summed E-state index contributed by atoms with van der Waals surface area (Å²) >= 11 is 0. The zero-order valence-electron chi connectivity index (χ0n) is 14.9. The van der Waals surface area contributed by atoms with Crippen LogP contribution in [0.25, 0.3) is 5.57 Å². The third kappa shape index (κ3) is 4.56. The van der Waals surface area contributed by atoms with Crippen molar-refractivity contribution in [3.05, 3.63) is 112 Å². The third-order valence-electron chi connectivity index (χ3n) is 4.39. The summed E-state index contributed by atoms with van der Waals surface area (Å²) in [6.07, 6.45) is 0. The summed E-state index contributed by atoms with van der Waals surface area (Å²) in [5.41, 5.74) is 10.1. The SMILES string of the molecule is Cc1ccccc1C(=C[SiH2]OCc1ccccc1)c1ccccc1C. The number of aryl methyl sites for hydroxylation is 2.